The Morgan fingerprint density at radius 3 is 2.74 bits per heavy atom. The number of piperidine rings is 1. The minimum absolute atomic E-state index is 0. The fraction of sp³-hybridized carbons (Fsp3) is 0.923. The number of rotatable bonds is 5. The Kier molecular flexibility index (Phi) is 8.86. The maximum Gasteiger partial charge on any atom is 0.230 e. The van der Waals surface area contributed by atoms with Crippen LogP contribution < -0.4 is 10.6 Å². The molecule has 2 N–H and O–H groups in total. The first kappa shape index (κ1) is 17.1. The van der Waals surface area contributed by atoms with Gasteiger partial charge in [0.05, 0.1) is 11.9 Å². The van der Waals surface area contributed by atoms with Gasteiger partial charge in [0.2, 0.25) is 5.91 Å². The zero-order valence-corrected chi connectivity index (χ0v) is 13.0. The summed E-state index contributed by atoms with van der Waals surface area (Å²) in [5, 5.41) is 6.42. The van der Waals surface area contributed by atoms with E-state index in [-0.39, 0.29) is 18.3 Å². The average Bonchev–Trinajstić information content (AvgIpc) is 2.41. The molecule has 1 atom stereocenters. The van der Waals surface area contributed by atoms with Crippen LogP contribution in [0.3, 0.4) is 0 Å². The Balaban J connectivity index is 0.00000180. The minimum Gasteiger partial charge on any atom is -0.377 e. The average molecular weight is 309 g/mol. The van der Waals surface area contributed by atoms with E-state index in [0.717, 1.165) is 44.7 Å². The fourth-order valence-corrected chi connectivity index (χ4v) is 3.37. The van der Waals surface area contributed by atoms with Gasteiger partial charge in [-0.25, -0.2) is 0 Å². The Hall–Kier alpha value is 0.0300. The third-order valence-electron chi connectivity index (χ3n) is 3.52. The van der Waals surface area contributed by atoms with Gasteiger partial charge in [-0.1, -0.05) is 0 Å². The fourth-order valence-electron chi connectivity index (χ4n) is 2.46. The van der Waals surface area contributed by atoms with Crippen LogP contribution in [0.15, 0.2) is 0 Å². The number of carbonyl (C=O) groups excluding carboxylic acids is 1. The predicted octanol–water partition coefficient (Wildman–Crippen LogP) is 1.58. The van der Waals surface area contributed by atoms with Crippen molar-refractivity contribution in [1.29, 1.82) is 0 Å². The lowest BCUT2D eigenvalue weighted by atomic mass is 10.1. The van der Waals surface area contributed by atoms with E-state index in [1.165, 1.54) is 12.8 Å². The van der Waals surface area contributed by atoms with Crippen molar-refractivity contribution in [2.75, 3.05) is 31.2 Å². The van der Waals surface area contributed by atoms with Gasteiger partial charge in [0.25, 0.3) is 0 Å². The number of ether oxygens (including phenoxy) is 1. The number of nitrogens with one attached hydrogen (secondary N) is 2. The van der Waals surface area contributed by atoms with Crippen molar-refractivity contribution >= 4 is 30.1 Å². The Bertz CT molecular complexity index is 257. The van der Waals surface area contributed by atoms with Crippen molar-refractivity contribution < 1.29 is 9.53 Å². The molecule has 0 aromatic rings. The van der Waals surface area contributed by atoms with Gasteiger partial charge in [0.15, 0.2) is 0 Å². The molecule has 0 aliphatic carbocycles. The zero-order valence-electron chi connectivity index (χ0n) is 11.4. The van der Waals surface area contributed by atoms with Gasteiger partial charge in [-0.15, -0.1) is 24.2 Å². The molecule has 2 heterocycles. The summed E-state index contributed by atoms with van der Waals surface area (Å²) in [4.78, 5) is 11.8. The molecule has 2 saturated heterocycles. The first-order valence-electron chi connectivity index (χ1n) is 7.04. The standard InChI is InChI=1S/C13H24N2O2S.ClH/c16-13(15-11-4-6-14-7-5-11)10-18-9-12-3-1-2-8-17-12;/h11-12,14H,1-10H2,(H,15,16);1H. The molecular formula is C13H25ClN2O2S. The van der Waals surface area contributed by atoms with E-state index in [9.17, 15) is 4.79 Å². The van der Waals surface area contributed by atoms with E-state index < -0.39 is 0 Å². The second-order valence-electron chi connectivity index (χ2n) is 5.10. The quantitative estimate of drug-likeness (QED) is 0.809. The van der Waals surface area contributed by atoms with Gasteiger partial charge < -0.3 is 15.4 Å². The summed E-state index contributed by atoms with van der Waals surface area (Å²) in [6.07, 6.45) is 6.10. The molecule has 0 aromatic heterocycles. The van der Waals surface area contributed by atoms with Crippen LogP contribution in [-0.2, 0) is 9.53 Å². The summed E-state index contributed by atoms with van der Waals surface area (Å²) in [5.74, 6) is 1.71. The second kappa shape index (κ2) is 9.86. The van der Waals surface area contributed by atoms with Gasteiger partial charge >= 0.3 is 0 Å². The largest absolute Gasteiger partial charge is 0.377 e. The molecule has 0 spiro atoms. The van der Waals surface area contributed by atoms with Crippen LogP contribution >= 0.6 is 24.2 Å². The van der Waals surface area contributed by atoms with E-state index in [4.69, 9.17) is 4.74 Å². The first-order chi connectivity index (χ1) is 8.84. The maximum atomic E-state index is 11.8. The summed E-state index contributed by atoms with van der Waals surface area (Å²) in [6, 6.07) is 0.380. The Labute approximate surface area is 126 Å². The highest BCUT2D eigenvalue weighted by molar-refractivity contribution is 7.99. The number of hydrogen-bond acceptors (Lipinski definition) is 4. The predicted molar refractivity (Wildman–Crippen MR) is 82.2 cm³/mol. The smallest absolute Gasteiger partial charge is 0.230 e. The van der Waals surface area contributed by atoms with E-state index in [0.29, 0.717) is 17.9 Å². The number of halogens is 1. The van der Waals surface area contributed by atoms with Crippen LogP contribution in [0.25, 0.3) is 0 Å². The molecule has 1 unspecified atom stereocenters. The monoisotopic (exact) mass is 308 g/mol. The lowest BCUT2D eigenvalue weighted by Crippen LogP contribution is -2.43. The summed E-state index contributed by atoms with van der Waals surface area (Å²) >= 11 is 1.70. The topological polar surface area (TPSA) is 50.4 Å². The van der Waals surface area contributed by atoms with Crippen molar-refractivity contribution in [3.05, 3.63) is 0 Å². The van der Waals surface area contributed by atoms with E-state index in [2.05, 4.69) is 10.6 Å². The van der Waals surface area contributed by atoms with Crippen LogP contribution in [0.1, 0.15) is 32.1 Å². The highest BCUT2D eigenvalue weighted by Gasteiger charge is 2.17. The molecule has 4 nitrogen and oxygen atoms in total. The molecule has 2 fully saturated rings. The Morgan fingerprint density at radius 2 is 2.05 bits per heavy atom. The molecule has 0 bridgehead atoms. The van der Waals surface area contributed by atoms with E-state index >= 15 is 0 Å². The van der Waals surface area contributed by atoms with Gasteiger partial charge in [0, 0.05) is 18.4 Å². The summed E-state index contributed by atoms with van der Waals surface area (Å²) in [7, 11) is 0. The SMILES string of the molecule is Cl.O=C(CSCC1CCCCO1)NC1CCNCC1. The van der Waals surface area contributed by atoms with Crippen LogP contribution in [-0.4, -0.2) is 49.3 Å². The summed E-state index contributed by atoms with van der Waals surface area (Å²) in [5.41, 5.74) is 0. The normalized spacial score (nSPS) is 24.5. The van der Waals surface area contributed by atoms with Gasteiger partial charge in [0.1, 0.15) is 0 Å². The molecule has 2 aliphatic heterocycles. The highest BCUT2D eigenvalue weighted by atomic mass is 35.5. The van der Waals surface area contributed by atoms with Crippen LogP contribution in [0.2, 0.25) is 0 Å². The third-order valence-corrected chi connectivity index (χ3v) is 4.59. The van der Waals surface area contributed by atoms with E-state index in [1.807, 2.05) is 0 Å². The molecule has 0 saturated carbocycles. The molecule has 112 valence electrons. The van der Waals surface area contributed by atoms with Gasteiger partial charge in [-0.3, -0.25) is 4.79 Å². The molecule has 1 amide bonds. The third kappa shape index (κ3) is 6.84. The van der Waals surface area contributed by atoms with E-state index in [1.54, 1.807) is 11.8 Å². The van der Waals surface area contributed by atoms with Crippen molar-refractivity contribution in [1.82, 2.24) is 10.6 Å². The highest BCUT2D eigenvalue weighted by Crippen LogP contribution is 2.17. The number of amides is 1. The van der Waals surface area contributed by atoms with Gasteiger partial charge in [-0.2, -0.15) is 0 Å². The molecule has 19 heavy (non-hydrogen) atoms. The van der Waals surface area contributed by atoms with Gasteiger partial charge in [-0.05, 0) is 45.2 Å². The molecule has 0 radical (unpaired) electrons. The van der Waals surface area contributed by atoms with Crippen LogP contribution in [0.4, 0.5) is 0 Å². The first-order valence-corrected chi connectivity index (χ1v) is 8.19. The van der Waals surface area contributed by atoms with Crippen molar-refractivity contribution in [2.24, 2.45) is 0 Å². The molecular weight excluding hydrogens is 284 g/mol. The maximum absolute atomic E-state index is 11.8. The molecule has 2 rings (SSSR count). The lowest BCUT2D eigenvalue weighted by Gasteiger charge is -2.24. The van der Waals surface area contributed by atoms with Crippen LogP contribution in [0, 0.1) is 0 Å². The molecule has 6 heteroatoms. The summed E-state index contributed by atoms with van der Waals surface area (Å²) in [6.45, 7) is 2.94. The Morgan fingerprint density at radius 1 is 1.26 bits per heavy atom. The minimum atomic E-state index is 0. The van der Waals surface area contributed by atoms with Crippen molar-refractivity contribution in [2.45, 2.75) is 44.2 Å². The second-order valence-corrected chi connectivity index (χ2v) is 6.13. The van der Waals surface area contributed by atoms with Crippen LogP contribution in [0.5, 0.6) is 0 Å². The summed E-state index contributed by atoms with van der Waals surface area (Å²) < 4.78 is 5.65. The number of carbonyl (C=O) groups is 1. The number of thioether (sulfide) groups is 1. The zero-order chi connectivity index (χ0) is 12.6. The molecule has 2 aliphatic rings. The lowest BCUT2D eigenvalue weighted by molar-refractivity contribution is -0.119. The van der Waals surface area contributed by atoms with Crippen molar-refractivity contribution in [3.63, 3.8) is 0 Å². The van der Waals surface area contributed by atoms with Crippen molar-refractivity contribution in [3.8, 4) is 0 Å². The molecule has 0 aromatic carbocycles. The number of hydrogen-bond donors (Lipinski definition) is 2.